The van der Waals surface area contributed by atoms with Crippen LogP contribution in [0.15, 0.2) is 60.7 Å². The van der Waals surface area contributed by atoms with E-state index in [1.165, 1.54) is 7.11 Å². The van der Waals surface area contributed by atoms with Gasteiger partial charge in [-0.05, 0) is 67.1 Å². The summed E-state index contributed by atoms with van der Waals surface area (Å²) in [5.74, 6) is 2.17. The van der Waals surface area contributed by atoms with E-state index < -0.39 is 6.10 Å². The Morgan fingerprint density at radius 2 is 1.74 bits per heavy atom. The van der Waals surface area contributed by atoms with Crippen molar-refractivity contribution in [1.29, 1.82) is 0 Å². The maximum atomic E-state index is 11.6. The molecule has 2 aliphatic rings. The summed E-state index contributed by atoms with van der Waals surface area (Å²) in [6.07, 6.45) is 0.759. The van der Waals surface area contributed by atoms with Crippen molar-refractivity contribution in [2.75, 3.05) is 25.1 Å². The number of ether oxygens (including phenoxy) is 2. The van der Waals surface area contributed by atoms with Crippen LogP contribution in [0, 0.1) is 11.8 Å². The second-order valence-electron chi connectivity index (χ2n) is 8.50. The number of methoxy groups -OCH3 is 1. The molecule has 1 saturated carbocycles. The maximum Gasteiger partial charge on any atom is 0.337 e. The van der Waals surface area contributed by atoms with Crippen molar-refractivity contribution < 1.29 is 19.4 Å². The molecule has 1 aromatic heterocycles. The average molecular weight is 418 g/mol. The molecule has 0 amide bonds. The van der Waals surface area contributed by atoms with Gasteiger partial charge in [-0.2, -0.15) is 0 Å². The predicted molar refractivity (Wildman–Crippen MR) is 118 cm³/mol. The molecule has 0 spiro atoms. The summed E-state index contributed by atoms with van der Waals surface area (Å²) >= 11 is 0. The van der Waals surface area contributed by atoms with Crippen LogP contribution in [0.4, 0.5) is 5.82 Å². The van der Waals surface area contributed by atoms with Crippen molar-refractivity contribution in [2.24, 2.45) is 11.8 Å². The molecule has 1 aliphatic heterocycles. The number of rotatable bonds is 4. The lowest BCUT2D eigenvalue weighted by Crippen LogP contribution is -2.42. The van der Waals surface area contributed by atoms with E-state index in [4.69, 9.17) is 14.5 Å². The lowest BCUT2D eigenvalue weighted by atomic mass is 9.78. The van der Waals surface area contributed by atoms with Gasteiger partial charge >= 0.3 is 5.97 Å². The first kappa shape index (κ1) is 19.8. The molecule has 31 heavy (non-hydrogen) atoms. The zero-order chi connectivity index (χ0) is 21.4. The van der Waals surface area contributed by atoms with Crippen LogP contribution in [0.5, 0.6) is 5.75 Å². The second kappa shape index (κ2) is 8.19. The highest BCUT2D eigenvalue weighted by molar-refractivity contribution is 5.89. The molecule has 4 atom stereocenters. The summed E-state index contributed by atoms with van der Waals surface area (Å²) in [5, 5.41) is 11.9. The number of benzene rings is 2. The van der Waals surface area contributed by atoms with Gasteiger partial charge in [-0.25, -0.2) is 9.78 Å². The molecule has 0 bridgehead atoms. The van der Waals surface area contributed by atoms with E-state index >= 15 is 0 Å². The van der Waals surface area contributed by atoms with Gasteiger partial charge in [0.05, 0.1) is 24.3 Å². The quantitative estimate of drug-likeness (QED) is 0.652. The molecule has 1 aliphatic carbocycles. The van der Waals surface area contributed by atoms with Gasteiger partial charge in [-0.15, -0.1) is 0 Å². The molecule has 0 radical (unpaired) electrons. The van der Waals surface area contributed by atoms with E-state index in [1.807, 2.05) is 18.2 Å². The van der Waals surface area contributed by atoms with Crippen LogP contribution in [0.1, 0.15) is 23.2 Å². The molecule has 6 nitrogen and oxygen atoms in total. The number of carbonyl (C=O) groups excluding carboxylic acids is 1. The van der Waals surface area contributed by atoms with E-state index in [1.54, 1.807) is 24.3 Å². The Labute approximate surface area is 181 Å². The van der Waals surface area contributed by atoms with Gasteiger partial charge in [0.2, 0.25) is 0 Å². The van der Waals surface area contributed by atoms with Crippen molar-refractivity contribution >= 4 is 22.7 Å². The molecule has 160 valence electrons. The summed E-state index contributed by atoms with van der Waals surface area (Å²) in [6.45, 7) is 1.83. The third-order valence-electron chi connectivity index (χ3n) is 6.56. The molecular weight excluding hydrogens is 392 g/mol. The van der Waals surface area contributed by atoms with Crippen molar-refractivity contribution in [3.8, 4) is 5.75 Å². The lowest BCUT2D eigenvalue weighted by molar-refractivity contribution is -0.0231. The smallest absolute Gasteiger partial charge is 0.337 e. The number of aliphatic hydroxyl groups is 1. The number of pyridine rings is 1. The van der Waals surface area contributed by atoms with E-state index in [0.717, 1.165) is 42.7 Å². The fourth-order valence-electron chi connectivity index (χ4n) is 4.90. The van der Waals surface area contributed by atoms with Gasteiger partial charge in [0.1, 0.15) is 17.7 Å². The van der Waals surface area contributed by atoms with Crippen molar-refractivity contribution in [2.45, 2.75) is 25.0 Å². The summed E-state index contributed by atoms with van der Waals surface area (Å²) in [6, 6.07) is 19.2. The molecular formula is C25H26N2O4. The normalized spacial score (nSPS) is 25.3. The Bertz CT molecular complexity index is 1080. The number of esters is 1. The Balaban J connectivity index is 1.26. The van der Waals surface area contributed by atoms with Crippen LogP contribution in [0.2, 0.25) is 0 Å². The second-order valence-corrected chi connectivity index (χ2v) is 8.50. The first-order valence-corrected chi connectivity index (χ1v) is 10.7. The molecule has 5 rings (SSSR count). The molecule has 2 aromatic carbocycles. The fourth-order valence-corrected chi connectivity index (χ4v) is 4.90. The van der Waals surface area contributed by atoms with Gasteiger partial charge in [-0.3, -0.25) is 0 Å². The number of carbonyl (C=O) groups is 1. The van der Waals surface area contributed by atoms with Crippen LogP contribution in [0.25, 0.3) is 10.9 Å². The number of para-hydroxylation sites is 1. The number of nitrogens with zero attached hydrogens (tertiary/aromatic N) is 2. The van der Waals surface area contributed by atoms with E-state index in [-0.39, 0.29) is 12.1 Å². The largest absolute Gasteiger partial charge is 0.488 e. The Kier molecular flexibility index (Phi) is 5.24. The number of aliphatic hydroxyl groups excluding tert-OH is 1. The van der Waals surface area contributed by atoms with E-state index in [0.29, 0.717) is 23.1 Å². The first-order chi connectivity index (χ1) is 15.1. The number of anilines is 1. The SMILES string of the molecule is COC(=O)c1ccc(O[C@H]2C[C@@H]3CN(c4ccc5ccccc5n4)C[C@@H]3C[C@@H]2O)cc1. The average Bonchev–Trinajstić information content (AvgIpc) is 3.21. The summed E-state index contributed by atoms with van der Waals surface area (Å²) in [7, 11) is 1.36. The fraction of sp³-hybridized carbons (Fsp3) is 0.360. The molecule has 2 heterocycles. The minimum atomic E-state index is -0.508. The number of aromatic nitrogens is 1. The highest BCUT2D eigenvalue weighted by atomic mass is 16.5. The van der Waals surface area contributed by atoms with Gasteiger partial charge in [0.15, 0.2) is 0 Å². The standard InChI is InChI=1S/C25H26N2O4/c1-30-25(29)17-6-9-20(10-7-17)31-23-13-19-15-27(14-18(19)12-22(23)28)24-11-8-16-4-2-3-5-21(16)26-24/h2-11,18-19,22-23,28H,12-15H2,1H3/t18-,19+,22-,23-/m0/s1. The maximum absolute atomic E-state index is 11.6. The third kappa shape index (κ3) is 3.95. The summed E-state index contributed by atoms with van der Waals surface area (Å²) in [5.41, 5.74) is 1.49. The molecule has 1 N–H and O–H groups in total. The zero-order valence-corrected chi connectivity index (χ0v) is 17.5. The van der Waals surface area contributed by atoms with Crippen LogP contribution in [0.3, 0.4) is 0 Å². The molecule has 2 fully saturated rings. The number of hydrogen-bond donors (Lipinski definition) is 1. The van der Waals surface area contributed by atoms with Crippen molar-refractivity contribution in [3.63, 3.8) is 0 Å². The predicted octanol–water partition coefficient (Wildman–Crippen LogP) is 3.68. The van der Waals surface area contributed by atoms with Crippen molar-refractivity contribution in [1.82, 2.24) is 4.98 Å². The Morgan fingerprint density at radius 1 is 1.00 bits per heavy atom. The molecule has 6 heteroatoms. The van der Waals surface area contributed by atoms with Gasteiger partial charge in [0, 0.05) is 18.5 Å². The molecule has 0 unspecified atom stereocenters. The highest BCUT2D eigenvalue weighted by Gasteiger charge is 2.43. The minimum Gasteiger partial charge on any atom is -0.488 e. The number of hydrogen-bond acceptors (Lipinski definition) is 6. The topological polar surface area (TPSA) is 71.9 Å². The zero-order valence-electron chi connectivity index (χ0n) is 17.5. The van der Waals surface area contributed by atoms with Crippen LogP contribution in [-0.2, 0) is 4.74 Å². The summed E-state index contributed by atoms with van der Waals surface area (Å²) < 4.78 is 10.8. The van der Waals surface area contributed by atoms with Crippen LogP contribution >= 0.6 is 0 Å². The van der Waals surface area contributed by atoms with Gasteiger partial charge in [0.25, 0.3) is 0 Å². The van der Waals surface area contributed by atoms with Gasteiger partial charge in [-0.1, -0.05) is 18.2 Å². The van der Waals surface area contributed by atoms with Gasteiger partial charge < -0.3 is 19.5 Å². The highest BCUT2D eigenvalue weighted by Crippen LogP contribution is 2.39. The monoisotopic (exact) mass is 418 g/mol. The van der Waals surface area contributed by atoms with E-state index in [9.17, 15) is 9.90 Å². The van der Waals surface area contributed by atoms with E-state index in [2.05, 4.69) is 23.1 Å². The number of fused-ring (bicyclic) bond motifs is 2. The molecule has 3 aromatic rings. The van der Waals surface area contributed by atoms with Crippen LogP contribution in [-0.4, -0.2) is 48.5 Å². The lowest BCUT2D eigenvalue weighted by Gasteiger charge is -2.35. The Morgan fingerprint density at radius 3 is 2.52 bits per heavy atom. The Hall–Kier alpha value is -3.12. The first-order valence-electron chi connectivity index (χ1n) is 10.7. The van der Waals surface area contributed by atoms with Crippen molar-refractivity contribution in [3.05, 3.63) is 66.2 Å². The third-order valence-corrected chi connectivity index (χ3v) is 6.56. The molecule has 1 saturated heterocycles. The minimum absolute atomic E-state index is 0.255. The van der Waals surface area contributed by atoms with Crippen LogP contribution < -0.4 is 9.64 Å². The summed E-state index contributed by atoms with van der Waals surface area (Å²) in [4.78, 5) is 18.8.